The molecular formula is C14H14N2O3S. The minimum absolute atomic E-state index is 0.109. The van der Waals surface area contributed by atoms with E-state index in [1.165, 1.54) is 11.3 Å². The smallest absolute Gasteiger partial charge is 0.309 e. The maximum absolute atomic E-state index is 11.8. The first-order valence-electron chi connectivity index (χ1n) is 6.09. The Morgan fingerprint density at radius 3 is 2.65 bits per heavy atom. The molecule has 1 amide bonds. The molecule has 0 bridgehead atoms. The standard InChI is InChI=1S/C14H14N2O3S/c17-12(15-8-10-4-2-1-3-5-10)7-13-16-11(9-20-13)6-14(18)19/h1-5,9H,6-8H2,(H,15,17)(H,18,19). The molecule has 0 aliphatic carbocycles. The van der Waals surface area contributed by atoms with Gasteiger partial charge >= 0.3 is 5.97 Å². The number of hydrogen-bond donors (Lipinski definition) is 2. The predicted molar refractivity (Wildman–Crippen MR) is 75.4 cm³/mol. The van der Waals surface area contributed by atoms with Crippen molar-refractivity contribution < 1.29 is 14.7 Å². The summed E-state index contributed by atoms with van der Waals surface area (Å²) in [7, 11) is 0. The Kier molecular flexibility index (Phi) is 4.84. The summed E-state index contributed by atoms with van der Waals surface area (Å²) in [6, 6.07) is 9.63. The molecule has 0 radical (unpaired) electrons. The molecule has 0 aliphatic rings. The molecule has 1 heterocycles. The first-order valence-corrected chi connectivity index (χ1v) is 6.97. The number of amides is 1. The third kappa shape index (κ3) is 4.47. The third-order valence-corrected chi connectivity index (χ3v) is 3.47. The van der Waals surface area contributed by atoms with Gasteiger partial charge in [0, 0.05) is 11.9 Å². The molecule has 0 aliphatic heterocycles. The van der Waals surface area contributed by atoms with Gasteiger partial charge in [-0.3, -0.25) is 9.59 Å². The molecule has 104 valence electrons. The van der Waals surface area contributed by atoms with Crippen LogP contribution in [0.5, 0.6) is 0 Å². The van der Waals surface area contributed by atoms with E-state index in [1.807, 2.05) is 30.3 Å². The first-order chi connectivity index (χ1) is 9.63. The van der Waals surface area contributed by atoms with Crippen molar-refractivity contribution in [1.82, 2.24) is 10.3 Å². The summed E-state index contributed by atoms with van der Waals surface area (Å²) in [5, 5.41) is 13.8. The second-order valence-electron chi connectivity index (χ2n) is 4.24. The van der Waals surface area contributed by atoms with E-state index in [2.05, 4.69) is 10.3 Å². The van der Waals surface area contributed by atoms with Crippen LogP contribution in [-0.4, -0.2) is 22.0 Å². The lowest BCUT2D eigenvalue weighted by molar-refractivity contribution is -0.136. The highest BCUT2D eigenvalue weighted by Crippen LogP contribution is 2.11. The molecule has 0 unspecified atom stereocenters. The average Bonchev–Trinajstić information content (AvgIpc) is 2.84. The molecule has 2 aromatic rings. The Hall–Kier alpha value is -2.21. The van der Waals surface area contributed by atoms with Crippen LogP contribution in [0.15, 0.2) is 35.7 Å². The van der Waals surface area contributed by atoms with Gasteiger partial charge in [-0.2, -0.15) is 0 Å². The fraction of sp³-hybridized carbons (Fsp3) is 0.214. The number of carboxylic acid groups (broad SMARTS) is 1. The van der Waals surface area contributed by atoms with Crippen molar-refractivity contribution in [2.75, 3.05) is 0 Å². The van der Waals surface area contributed by atoms with Crippen molar-refractivity contribution in [3.63, 3.8) is 0 Å². The van der Waals surface area contributed by atoms with E-state index >= 15 is 0 Å². The number of carbonyl (C=O) groups excluding carboxylic acids is 1. The number of benzene rings is 1. The van der Waals surface area contributed by atoms with Gasteiger partial charge in [0.05, 0.1) is 18.5 Å². The summed E-state index contributed by atoms with van der Waals surface area (Å²) in [5.41, 5.74) is 1.53. The number of thiazole rings is 1. The number of rotatable bonds is 6. The van der Waals surface area contributed by atoms with Gasteiger partial charge in [0.1, 0.15) is 5.01 Å². The molecule has 0 saturated heterocycles. The second kappa shape index (κ2) is 6.81. The average molecular weight is 290 g/mol. The van der Waals surface area contributed by atoms with Gasteiger partial charge in [-0.25, -0.2) is 4.98 Å². The van der Waals surface area contributed by atoms with Gasteiger partial charge in [-0.15, -0.1) is 11.3 Å². The van der Waals surface area contributed by atoms with Crippen LogP contribution in [0.2, 0.25) is 0 Å². The number of hydrogen-bond acceptors (Lipinski definition) is 4. The molecule has 2 N–H and O–H groups in total. The molecule has 0 atom stereocenters. The Morgan fingerprint density at radius 1 is 1.20 bits per heavy atom. The van der Waals surface area contributed by atoms with E-state index in [4.69, 9.17) is 5.11 Å². The highest BCUT2D eigenvalue weighted by Gasteiger charge is 2.09. The topological polar surface area (TPSA) is 79.3 Å². The quantitative estimate of drug-likeness (QED) is 0.847. The maximum atomic E-state index is 11.8. The fourth-order valence-corrected chi connectivity index (χ4v) is 2.46. The largest absolute Gasteiger partial charge is 0.481 e. The van der Waals surface area contributed by atoms with Crippen LogP contribution in [0.1, 0.15) is 16.3 Å². The molecule has 2 rings (SSSR count). The molecule has 1 aromatic carbocycles. The number of nitrogens with one attached hydrogen (secondary N) is 1. The Bertz CT molecular complexity index is 595. The molecule has 0 saturated carbocycles. The maximum Gasteiger partial charge on any atom is 0.309 e. The van der Waals surface area contributed by atoms with E-state index < -0.39 is 5.97 Å². The molecule has 0 fully saturated rings. The van der Waals surface area contributed by atoms with E-state index in [0.29, 0.717) is 17.2 Å². The summed E-state index contributed by atoms with van der Waals surface area (Å²) in [4.78, 5) is 26.4. The number of aromatic nitrogens is 1. The van der Waals surface area contributed by atoms with Crippen LogP contribution in [0, 0.1) is 0 Å². The second-order valence-corrected chi connectivity index (χ2v) is 5.18. The van der Waals surface area contributed by atoms with Crippen molar-refractivity contribution in [3.05, 3.63) is 52.0 Å². The van der Waals surface area contributed by atoms with Gasteiger partial charge < -0.3 is 10.4 Å². The minimum atomic E-state index is -0.921. The Labute approximate surface area is 120 Å². The van der Waals surface area contributed by atoms with Gasteiger partial charge in [0.15, 0.2) is 0 Å². The van der Waals surface area contributed by atoms with Crippen molar-refractivity contribution >= 4 is 23.2 Å². The van der Waals surface area contributed by atoms with E-state index in [0.717, 1.165) is 5.56 Å². The number of carbonyl (C=O) groups is 2. The summed E-state index contributed by atoms with van der Waals surface area (Å²) in [6.45, 7) is 0.479. The molecule has 5 nitrogen and oxygen atoms in total. The minimum Gasteiger partial charge on any atom is -0.481 e. The van der Waals surface area contributed by atoms with Crippen molar-refractivity contribution in [1.29, 1.82) is 0 Å². The van der Waals surface area contributed by atoms with E-state index in [1.54, 1.807) is 5.38 Å². The fourth-order valence-electron chi connectivity index (χ4n) is 1.66. The highest BCUT2D eigenvalue weighted by molar-refractivity contribution is 7.09. The van der Waals surface area contributed by atoms with Crippen LogP contribution in [0.4, 0.5) is 0 Å². The van der Waals surface area contributed by atoms with Crippen LogP contribution in [0.25, 0.3) is 0 Å². The van der Waals surface area contributed by atoms with Gasteiger partial charge in [-0.1, -0.05) is 30.3 Å². The zero-order valence-electron chi connectivity index (χ0n) is 10.7. The summed E-state index contributed by atoms with van der Waals surface area (Å²) in [6.07, 6.45) is 0.0687. The number of aliphatic carboxylic acids is 1. The van der Waals surface area contributed by atoms with Crippen molar-refractivity contribution in [3.8, 4) is 0 Å². The van der Waals surface area contributed by atoms with Gasteiger partial charge in [0.25, 0.3) is 0 Å². The molecule has 20 heavy (non-hydrogen) atoms. The highest BCUT2D eigenvalue weighted by atomic mass is 32.1. The Balaban J connectivity index is 1.82. The van der Waals surface area contributed by atoms with Crippen LogP contribution >= 0.6 is 11.3 Å². The molecule has 1 aromatic heterocycles. The van der Waals surface area contributed by atoms with E-state index in [9.17, 15) is 9.59 Å². The number of carboxylic acids is 1. The van der Waals surface area contributed by atoms with Crippen LogP contribution in [-0.2, 0) is 29.0 Å². The number of nitrogens with zero attached hydrogens (tertiary/aromatic N) is 1. The van der Waals surface area contributed by atoms with Crippen molar-refractivity contribution in [2.45, 2.75) is 19.4 Å². The zero-order chi connectivity index (χ0) is 14.4. The monoisotopic (exact) mass is 290 g/mol. The van der Waals surface area contributed by atoms with Crippen LogP contribution in [0.3, 0.4) is 0 Å². The predicted octanol–water partition coefficient (Wildman–Crippen LogP) is 1.63. The summed E-state index contributed by atoms with van der Waals surface area (Å²) < 4.78 is 0. The van der Waals surface area contributed by atoms with Gasteiger partial charge in [-0.05, 0) is 5.56 Å². The lowest BCUT2D eigenvalue weighted by atomic mass is 10.2. The van der Waals surface area contributed by atoms with Gasteiger partial charge in [0.2, 0.25) is 5.91 Å². The normalized spacial score (nSPS) is 10.2. The Morgan fingerprint density at radius 2 is 1.95 bits per heavy atom. The molecular weight excluding hydrogens is 276 g/mol. The third-order valence-electron chi connectivity index (χ3n) is 2.58. The SMILES string of the molecule is O=C(O)Cc1csc(CC(=O)NCc2ccccc2)n1. The lowest BCUT2D eigenvalue weighted by Crippen LogP contribution is -2.24. The molecule has 6 heteroatoms. The zero-order valence-corrected chi connectivity index (χ0v) is 11.5. The van der Waals surface area contributed by atoms with Crippen LogP contribution < -0.4 is 5.32 Å². The summed E-state index contributed by atoms with van der Waals surface area (Å²) >= 11 is 1.31. The van der Waals surface area contributed by atoms with E-state index in [-0.39, 0.29) is 18.7 Å². The molecule has 0 spiro atoms. The lowest BCUT2D eigenvalue weighted by Gasteiger charge is -2.03. The summed E-state index contributed by atoms with van der Waals surface area (Å²) in [5.74, 6) is -1.04. The van der Waals surface area contributed by atoms with Crippen molar-refractivity contribution in [2.24, 2.45) is 0 Å². The first kappa shape index (κ1) is 14.2.